The first-order valence-electron chi connectivity index (χ1n) is 4.77. The molecule has 0 aromatic heterocycles. The lowest BCUT2D eigenvalue weighted by atomic mass is 10.2. The van der Waals surface area contributed by atoms with Crippen LogP contribution < -0.4 is 0 Å². The van der Waals surface area contributed by atoms with E-state index in [2.05, 4.69) is 0 Å². The summed E-state index contributed by atoms with van der Waals surface area (Å²) < 4.78 is 0. The van der Waals surface area contributed by atoms with E-state index >= 15 is 0 Å². The van der Waals surface area contributed by atoms with Crippen molar-refractivity contribution >= 4 is 29.7 Å². The molecule has 1 atom stereocenters. The zero-order valence-electron chi connectivity index (χ0n) is 9.33. The second-order valence-corrected chi connectivity index (χ2v) is 4.31. The lowest BCUT2D eigenvalue weighted by Crippen LogP contribution is -2.46. The first kappa shape index (κ1) is 15.7. The maximum absolute atomic E-state index is 11.0. The van der Waals surface area contributed by atoms with E-state index in [4.69, 9.17) is 15.3 Å². The van der Waals surface area contributed by atoms with E-state index in [0.29, 0.717) is 5.75 Å². The van der Waals surface area contributed by atoms with Crippen molar-refractivity contribution in [2.45, 2.75) is 12.5 Å². The van der Waals surface area contributed by atoms with E-state index in [1.807, 2.05) is 0 Å². The van der Waals surface area contributed by atoms with Crippen molar-refractivity contribution in [2.75, 3.05) is 25.1 Å². The molecule has 0 aliphatic rings. The summed E-state index contributed by atoms with van der Waals surface area (Å²) in [6.45, 7) is -1.20. The molecule has 0 aromatic rings. The van der Waals surface area contributed by atoms with Crippen LogP contribution in [-0.2, 0) is 14.4 Å². The summed E-state index contributed by atoms with van der Waals surface area (Å²) in [4.78, 5) is 33.0. The lowest BCUT2D eigenvalue weighted by molar-refractivity contribution is -0.149. The van der Waals surface area contributed by atoms with Gasteiger partial charge in [0.2, 0.25) is 0 Å². The molecule has 1 unspecified atom stereocenters. The van der Waals surface area contributed by atoms with Gasteiger partial charge in [-0.1, -0.05) is 0 Å². The molecule has 0 bridgehead atoms. The van der Waals surface area contributed by atoms with Crippen LogP contribution in [0.4, 0.5) is 0 Å². The third-order valence-corrected chi connectivity index (χ3v) is 2.64. The summed E-state index contributed by atoms with van der Waals surface area (Å²) in [6, 6.07) is -1.09. The lowest BCUT2D eigenvalue weighted by Gasteiger charge is -2.25. The van der Waals surface area contributed by atoms with Gasteiger partial charge < -0.3 is 15.3 Å². The van der Waals surface area contributed by atoms with Crippen molar-refractivity contribution in [1.29, 1.82) is 0 Å². The van der Waals surface area contributed by atoms with Gasteiger partial charge in [0.05, 0.1) is 13.1 Å². The summed E-state index contributed by atoms with van der Waals surface area (Å²) in [7, 11) is 0. The van der Waals surface area contributed by atoms with Crippen LogP contribution in [0.15, 0.2) is 0 Å². The van der Waals surface area contributed by atoms with E-state index in [0.717, 1.165) is 4.90 Å². The molecule has 0 aromatic carbocycles. The Hall–Kier alpha value is -1.28. The fourth-order valence-corrected chi connectivity index (χ4v) is 1.77. The molecule has 0 amide bonds. The van der Waals surface area contributed by atoms with Crippen molar-refractivity contribution in [3.05, 3.63) is 0 Å². The van der Waals surface area contributed by atoms with Gasteiger partial charge in [0.25, 0.3) is 0 Å². The second-order valence-electron chi connectivity index (χ2n) is 3.33. The van der Waals surface area contributed by atoms with Crippen LogP contribution in [-0.4, -0.2) is 69.3 Å². The summed E-state index contributed by atoms with van der Waals surface area (Å²) in [6.07, 6.45) is 1.99. The van der Waals surface area contributed by atoms with Crippen molar-refractivity contribution in [1.82, 2.24) is 4.90 Å². The number of thioether (sulfide) groups is 1. The number of carboxylic acids is 3. The monoisotopic (exact) mass is 265 g/mol. The van der Waals surface area contributed by atoms with Crippen molar-refractivity contribution in [3.8, 4) is 0 Å². The number of hydrogen-bond donors (Lipinski definition) is 3. The first-order valence-corrected chi connectivity index (χ1v) is 6.17. The topological polar surface area (TPSA) is 115 Å². The van der Waals surface area contributed by atoms with Gasteiger partial charge in [-0.05, 0) is 18.4 Å². The fraction of sp³-hybridized carbons (Fsp3) is 0.667. The van der Waals surface area contributed by atoms with E-state index in [1.54, 1.807) is 6.26 Å². The van der Waals surface area contributed by atoms with Crippen LogP contribution >= 0.6 is 11.8 Å². The van der Waals surface area contributed by atoms with E-state index in [9.17, 15) is 14.4 Å². The van der Waals surface area contributed by atoms with Gasteiger partial charge in [0, 0.05) is 0 Å². The van der Waals surface area contributed by atoms with Crippen molar-refractivity contribution in [2.24, 2.45) is 0 Å². The summed E-state index contributed by atoms with van der Waals surface area (Å²) in [5.41, 5.74) is 0. The van der Waals surface area contributed by atoms with Gasteiger partial charge >= 0.3 is 17.9 Å². The number of carboxylic acid groups (broad SMARTS) is 3. The Morgan fingerprint density at radius 2 is 1.59 bits per heavy atom. The third kappa shape index (κ3) is 6.80. The number of aliphatic carboxylic acids is 3. The van der Waals surface area contributed by atoms with E-state index < -0.39 is 37.0 Å². The maximum Gasteiger partial charge on any atom is 0.320 e. The number of hydrogen-bond acceptors (Lipinski definition) is 5. The number of nitrogens with zero attached hydrogens (tertiary/aromatic N) is 1. The molecule has 7 nitrogen and oxygen atoms in total. The van der Waals surface area contributed by atoms with Crippen LogP contribution in [0.2, 0.25) is 0 Å². The maximum atomic E-state index is 11.0. The molecule has 0 radical (unpaired) electrons. The Bertz CT molecular complexity index is 279. The smallest absolute Gasteiger partial charge is 0.320 e. The molecular formula is C9H15NO6S. The zero-order valence-corrected chi connectivity index (χ0v) is 10.1. The van der Waals surface area contributed by atoms with Gasteiger partial charge in [-0.2, -0.15) is 11.8 Å². The summed E-state index contributed by atoms with van der Waals surface area (Å²) >= 11 is 1.42. The summed E-state index contributed by atoms with van der Waals surface area (Å²) in [5, 5.41) is 26.2. The summed E-state index contributed by atoms with van der Waals surface area (Å²) in [5.74, 6) is -3.18. The SMILES string of the molecule is CSCCC(C(=O)O)N(CC(=O)O)CC(=O)O. The molecule has 98 valence electrons. The Balaban J connectivity index is 4.72. The minimum Gasteiger partial charge on any atom is -0.480 e. The average molecular weight is 265 g/mol. The standard InChI is InChI=1S/C9H15NO6S/c1-17-3-2-6(9(15)16)10(4-7(11)12)5-8(13)14/h6H,2-5H2,1H3,(H,11,12)(H,13,14)(H,15,16). The van der Waals surface area contributed by atoms with E-state index in [1.165, 1.54) is 11.8 Å². The minimum absolute atomic E-state index is 0.205. The van der Waals surface area contributed by atoms with Crippen LogP contribution in [0.5, 0.6) is 0 Å². The predicted molar refractivity (Wildman–Crippen MR) is 61.3 cm³/mol. The minimum atomic E-state index is -1.25. The Morgan fingerprint density at radius 3 is 1.88 bits per heavy atom. The average Bonchev–Trinajstić information content (AvgIpc) is 2.15. The Labute approximate surface area is 102 Å². The first-order chi connectivity index (χ1) is 7.88. The highest BCUT2D eigenvalue weighted by molar-refractivity contribution is 7.98. The molecule has 0 aliphatic heterocycles. The highest BCUT2D eigenvalue weighted by Crippen LogP contribution is 2.09. The molecule has 0 saturated heterocycles. The highest BCUT2D eigenvalue weighted by Gasteiger charge is 2.28. The fourth-order valence-electron chi connectivity index (χ4n) is 1.32. The molecular weight excluding hydrogens is 250 g/mol. The molecule has 0 spiro atoms. The molecule has 8 heteroatoms. The molecule has 0 heterocycles. The van der Waals surface area contributed by atoms with Crippen LogP contribution in [0, 0.1) is 0 Å². The molecule has 0 fully saturated rings. The second kappa shape index (κ2) is 7.91. The number of rotatable bonds is 9. The Morgan fingerprint density at radius 1 is 1.12 bits per heavy atom. The van der Waals surface area contributed by atoms with Crippen LogP contribution in [0.3, 0.4) is 0 Å². The van der Waals surface area contributed by atoms with Crippen molar-refractivity contribution < 1.29 is 29.7 Å². The van der Waals surface area contributed by atoms with Gasteiger partial charge in [-0.15, -0.1) is 0 Å². The molecule has 0 rings (SSSR count). The normalized spacial score (nSPS) is 12.4. The van der Waals surface area contributed by atoms with Crippen LogP contribution in [0.1, 0.15) is 6.42 Å². The van der Waals surface area contributed by atoms with Gasteiger partial charge in [0.15, 0.2) is 0 Å². The molecule has 0 saturated carbocycles. The van der Waals surface area contributed by atoms with Gasteiger partial charge in [0.1, 0.15) is 6.04 Å². The quantitative estimate of drug-likeness (QED) is 0.519. The third-order valence-electron chi connectivity index (χ3n) is 2.00. The molecule has 0 aliphatic carbocycles. The van der Waals surface area contributed by atoms with Crippen LogP contribution in [0.25, 0.3) is 0 Å². The molecule has 3 N–H and O–H groups in total. The molecule has 17 heavy (non-hydrogen) atoms. The van der Waals surface area contributed by atoms with Gasteiger partial charge in [-0.3, -0.25) is 19.3 Å². The van der Waals surface area contributed by atoms with Gasteiger partial charge in [-0.25, -0.2) is 0 Å². The Kier molecular flexibility index (Phi) is 7.31. The highest BCUT2D eigenvalue weighted by atomic mass is 32.2. The largest absolute Gasteiger partial charge is 0.480 e. The zero-order chi connectivity index (χ0) is 13.4. The predicted octanol–water partition coefficient (Wildman–Crippen LogP) is -0.336. The van der Waals surface area contributed by atoms with E-state index in [-0.39, 0.29) is 6.42 Å². The van der Waals surface area contributed by atoms with Crippen molar-refractivity contribution in [3.63, 3.8) is 0 Å². The number of carbonyl (C=O) groups is 3.